The van der Waals surface area contributed by atoms with Crippen molar-refractivity contribution in [1.29, 1.82) is 0 Å². The van der Waals surface area contributed by atoms with Gasteiger partial charge in [-0.2, -0.15) is 4.31 Å². The number of hydrogen-bond donors (Lipinski definition) is 0. The Balaban J connectivity index is 1.32. The summed E-state index contributed by atoms with van der Waals surface area (Å²) < 4.78 is 26.9. The number of benzene rings is 1. The molecule has 1 saturated heterocycles. The topological polar surface area (TPSA) is 53.5 Å². The summed E-state index contributed by atoms with van der Waals surface area (Å²) in [5.74, 6) is 0.0735. The fourth-order valence-electron chi connectivity index (χ4n) is 3.16. The molecule has 0 aliphatic carbocycles. The lowest BCUT2D eigenvalue weighted by atomic mass is 10.2. The molecule has 3 aromatic rings. The van der Waals surface area contributed by atoms with E-state index in [9.17, 15) is 8.42 Å². The molecule has 0 saturated carbocycles. The van der Waals surface area contributed by atoms with E-state index in [0.29, 0.717) is 13.1 Å². The number of hydrogen-bond acceptors (Lipinski definition) is 6. The van der Waals surface area contributed by atoms with Crippen LogP contribution in [0.4, 0.5) is 0 Å². The van der Waals surface area contributed by atoms with Gasteiger partial charge in [0.2, 0.25) is 10.0 Å². The number of thiazole rings is 1. The van der Waals surface area contributed by atoms with Gasteiger partial charge in [-0.05, 0) is 17.0 Å². The molecule has 8 heteroatoms. The van der Waals surface area contributed by atoms with Crippen LogP contribution >= 0.6 is 22.7 Å². The van der Waals surface area contributed by atoms with Gasteiger partial charge in [-0.1, -0.05) is 36.4 Å². The third-order valence-electron chi connectivity index (χ3n) is 4.59. The van der Waals surface area contributed by atoms with E-state index < -0.39 is 10.0 Å². The molecule has 0 atom stereocenters. The first-order valence-corrected chi connectivity index (χ1v) is 12.2. The van der Waals surface area contributed by atoms with Crippen LogP contribution in [0.25, 0.3) is 9.88 Å². The van der Waals surface area contributed by atoms with Gasteiger partial charge in [-0.25, -0.2) is 13.4 Å². The molecule has 0 radical (unpaired) electrons. The second kappa shape index (κ2) is 8.20. The van der Waals surface area contributed by atoms with Crippen molar-refractivity contribution >= 4 is 32.7 Å². The second-order valence-electron chi connectivity index (χ2n) is 6.54. The van der Waals surface area contributed by atoms with Crippen molar-refractivity contribution in [3.05, 3.63) is 64.5 Å². The Morgan fingerprint density at radius 3 is 2.44 bits per heavy atom. The first-order chi connectivity index (χ1) is 13.1. The molecule has 0 amide bonds. The minimum absolute atomic E-state index is 0.0735. The molecule has 1 aliphatic rings. The molecule has 0 unspecified atom stereocenters. The largest absolute Gasteiger partial charge is 0.295 e. The maximum absolute atomic E-state index is 12.7. The number of nitrogens with zero attached hydrogens (tertiary/aromatic N) is 3. The smallest absolute Gasteiger partial charge is 0.218 e. The Hall–Kier alpha value is -1.58. The van der Waals surface area contributed by atoms with Gasteiger partial charge in [0, 0.05) is 38.1 Å². The second-order valence-corrected chi connectivity index (χ2v) is 10.3. The highest BCUT2D eigenvalue weighted by molar-refractivity contribution is 7.88. The summed E-state index contributed by atoms with van der Waals surface area (Å²) in [4.78, 5) is 8.20. The van der Waals surface area contributed by atoms with Crippen LogP contribution in [0.3, 0.4) is 0 Å². The van der Waals surface area contributed by atoms with E-state index in [-0.39, 0.29) is 5.75 Å². The summed E-state index contributed by atoms with van der Waals surface area (Å²) in [6.07, 6.45) is 0. The van der Waals surface area contributed by atoms with Crippen LogP contribution in [0, 0.1) is 0 Å². The zero-order valence-electron chi connectivity index (χ0n) is 14.8. The van der Waals surface area contributed by atoms with Gasteiger partial charge in [-0.15, -0.1) is 22.7 Å². The Morgan fingerprint density at radius 2 is 1.74 bits per heavy atom. The highest BCUT2D eigenvalue weighted by Crippen LogP contribution is 2.28. The average molecular weight is 420 g/mol. The Labute approximate surface area is 168 Å². The molecular formula is C19H21N3O2S3. The van der Waals surface area contributed by atoms with E-state index in [2.05, 4.69) is 21.7 Å². The minimum Gasteiger partial charge on any atom is -0.295 e. The molecule has 5 nitrogen and oxygen atoms in total. The molecule has 0 spiro atoms. The molecule has 4 rings (SSSR count). The van der Waals surface area contributed by atoms with Crippen molar-refractivity contribution < 1.29 is 8.42 Å². The Bertz CT molecular complexity index is 961. The Kier molecular flexibility index (Phi) is 5.70. The van der Waals surface area contributed by atoms with Crippen LogP contribution in [0.2, 0.25) is 0 Å². The SMILES string of the molecule is O=S(=O)(Cc1ccccc1)N1CCN(Cc2csc(-c3cccs3)n2)CC1. The summed E-state index contributed by atoms with van der Waals surface area (Å²) in [7, 11) is -3.26. The Morgan fingerprint density at radius 1 is 0.963 bits per heavy atom. The highest BCUT2D eigenvalue weighted by atomic mass is 32.2. The molecule has 0 bridgehead atoms. The third kappa shape index (κ3) is 4.64. The van der Waals surface area contributed by atoms with Crippen molar-refractivity contribution in [3.63, 3.8) is 0 Å². The number of rotatable bonds is 6. The van der Waals surface area contributed by atoms with Crippen LogP contribution in [0.15, 0.2) is 53.2 Å². The molecule has 2 aromatic heterocycles. The molecule has 0 N–H and O–H groups in total. The fraction of sp³-hybridized carbons (Fsp3) is 0.316. The minimum atomic E-state index is -3.26. The van der Waals surface area contributed by atoms with E-state index in [1.165, 1.54) is 4.88 Å². The van der Waals surface area contributed by atoms with Crippen LogP contribution in [-0.2, 0) is 22.3 Å². The first-order valence-electron chi connectivity index (χ1n) is 8.82. The molecule has 27 heavy (non-hydrogen) atoms. The normalized spacial score (nSPS) is 16.6. The number of sulfonamides is 1. The summed E-state index contributed by atoms with van der Waals surface area (Å²) in [6.45, 7) is 3.32. The van der Waals surface area contributed by atoms with Crippen molar-refractivity contribution in [3.8, 4) is 9.88 Å². The lowest BCUT2D eigenvalue weighted by Gasteiger charge is -2.33. The molecular weight excluding hydrogens is 398 g/mol. The van der Waals surface area contributed by atoms with E-state index in [1.807, 2.05) is 36.4 Å². The van der Waals surface area contributed by atoms with Gasteiger partial charge in [0.05, 0.1) is 16.3 Å². The van der Waals surface area contributed by atoms with Crippen LogP contribution in [-0.4, -0.2) is 48.8 Å². The van der Waals surface area contributed by atoms with E-state index in [4.69, 9.17) is 4.98 Å². The van der Waals surface area contributed by atoms with E-state index >= 15 is 0 Å². The number of thiophene rings is 1. The predicted octanol–water partition coefficient (Wildman–Crippen LogP) is 3.52. The first kappa shape index (κ1) is 18.8. The van der Waals surface area contributed by atoms with E-state index in [0.717, 1.165) is 35.9 Å². The lowest BCUT2D eigenvalue weighted by molar-refractivity contribution is 0.180. The summed E-state index contributed by atoms with van der Waals surface area (Å²) >= 11 is 3.37. The quantitative estimate of drug-likeness (QED) is 0.613. The van der Waals surface area contributed by atoms with Crippen LogP contribution < -0.4 is 0 Å². The third-order valence-corrected chi connectivity index (χ3v) is 8.37. The maximum Gasteiger partial charge on any atom is 0.218 e. The summed E-state index contributed by atoms with van der Waals surface area (Å²) in [6, 6.07) is 13.5. The number of aromatic nitrogens is 1. The molecule has 142 valence electrons. The van der Waals surface area contributed by atoms with Crippen molar-refractivity contribution in [2.45, 2.75) is 12.3 Å². The molecule has 1 aliphatic heterocycles. The van der Waals surface area contributed by atoms with Gasteiger partial charge < -0.3 is 0 Å². The summed E-state index contributed by atoms with van der Waals surface area (Å²) in [5.41, 5.74) is 1.90. The molecule has 1 fully saturated rings. The predicted molar refractivity (Wildman–Crippen MR) is 111 cm³/mol. The molecule has 1 aromatic carbocycles. The number of piperazine rings is 1. The zero-order chi connectivity index (χ0) is 18.7. The highest BCUT2D eigenvalue weighted by Gasteiger charge is 2.27. The zero-order valence-corrected chi connectivity index (χ0v) is 17.3. The van der Waals surface area contributed by atoms with Gasteiger partial charge in [0.25, 0.3) is 0 Å². The fourth-order valence-corrected chi connectivity index (χ4v) is 6.31. The van der Waals surface area contributed by atoms with Crippen molar-refractivity contribution in [2.24, 2.45) is 0 Å². The van der Waals surface area contributed by atoms with Crippen molar-refractivity contribution in [2.75, 3.05) is 26.2 Å². The van der Waals surface area contributed by atoms with Crippen LogP contribution in [0.5, 0.6) is 0 Å². The standard InChI is InChI=1S/C19H21N3O2S3/c23-27(24,15-16-5-2-1-3-6-16)22-10-8-21(9-11-22)13-17-14-26-19(20-17)18-7-4-12-25-18/h1-7,12,14H,8-11,13,15H2. The maximum atomic E-state index is 12.7. The molecule has 3 heterocycles. The average Bonchev–Trinajstić information content (AvgIpc) is 3.34. The summed E-state index contributed by atoms with van der Waals surface area (Å²) in [5, 5.41) is 5.23. The van der Waals surface area contributed by atoms with Gasteiger partial charge in [0.15, 0.2) is 0 Å². The van der Waals surface area contributed by atoms with Gasteiger partial charge >= 0.3 is 0 Å². The van der Waals surface area contributed by atoms with Crippen molar-refractivity contribution in [1.82, 2.24) is 14.2 Å². The van der Waals surface area contributed by atoms with Gasteiger partial charge in [-0.3, -0.25) is 4.90 Å². The lowest BCUT2D eigenvalue weighted by Crippen LogP contribution is -2.48. The van der Waals surface area contributed by atoms with Gasteiger partial charge in [0.1, 0.15) is 5.01 Å². The van der Waals surface area contributed by atoms with E-state index in [1.54, 1.807) is 27.0 Å². The van der Waals surface area contributed by atoms with Crippen LogP contribution in [0.1, 0.15) is 11.3 Å². The monoisotopic (exact) mass is 419 g/mol.